The molecule has 0 saturated heterocycles. The van der Waals surface area contributed by atoms with Crippen LogP contribution in [-0.4, -0.2) is 27.1 Å². The minimum absolute atomic E-state index is 0.223. The quantitative estimate of drug-likeness (QED) is 0.616. The summed E-state index contributed by atoms with van der Waals surface area (Å²) in [6.07, 6.45) is 0.512. The molecular formula is C19H19ClN2O3S2. The number of rotatable bonds is 7. The van der Waals surface area contributed by atoms with E-state index >= 15 is 0 Å². The van der Waals surface area contributed by atoms with Crippen LogP contribution in [0.4, 0.5) is 0 Å². The predicted molar refractivity (Wildman–Crippen MR) is 109 cm³/mol. The van der Waals surface area contributed by atoms with Gasteiger partial charge in [0.25, 0.3) is 0 Å². The minimum Gasteiger partial charge on any atom is -0.496 e. The van der Waals surface area contributed by atoms with Crippen molar-refractivity contribution in [3.05, 3.63) is 64.1 Å². The number of aromatic nitrogens is 1. The average molecular weight is 423 g/mol. The lowest BCUT2D eigenvalue weighted by molar-refractivity contribution is 0.411. The number of ether oxygens (including phenoxy) is 1. The second-order valence-corrected chi connectivity index (χ2v) is 8.99. The van der Waals surface area contributed by atoms with Crippen molar-refractivity contribution in [3.63, 3.8) is 0 Å². The van der Waals surface area contributed by atoms with E-state index in [2.05, 4.69) is 9.71 Å². The fourth-order valence-electron chi connectivity index (χ4n) is 2.56. The first kappa shape index (κ1) is 19.8. The number of nitrogens with zero attached hydrogens (tertiary/aromatic N) is 1. The van der Waals surface area contributed by atoms with Crippen LogP contribution in [-0.2, 0) is 16.4 Å². The summed E-state index contributed by atoms with van der Waals surface area (Å²) in [7, 11) is -2.02. The Balaban J connectivity index is 1.62. The van der Waals surface area contributed by atoms with Crippen molar-refractivity contribution in [1.82, 2.24) is 9.71 Å². The van der Waals surface area contributed by atoms with Crippen LogP contribution < -0.4 is 9.46 Å². The van der Waals surface area contributed by atoms with E-state index < -0.39 is 10.0 Å². The standard InChI is InChI=1S/C19H19ClN2O3S2/c1-13-11-17(7-8-18(13)25-2)27(23,24)21-10-9-16-12-26-19(22-16)14-3-5-15(20)6-4-14/h3-8,11-12,21H,9-10H2,1-2H3. The van der Waals surface area contributed by atoms with Gasteiger partial charge in [-0.1, -0.05) is 23.7 Å². The monoisotopic (exact) mass is 422 g/mol. The van der Waals surface area contributed by atoms with Gasteiger partial charge < -0.3 is 4.74 Å². The summed E-state index contributed by atoms with van der Waals surface area (Å²) in [5, 5.41) is 3.50. The van der Waals surface area contributed by atoms with Gasteiger partial charge in [-0.25, -0.2) is 18.1 Å². The fraction of sp³-hybridized carbons (Fsp3) is 0.211. The molecule has 0 aliphatic carbocycles. The zero-order chi connectivity index (χ0) is 19.4. The Morgan fingerprint density at radius 1 is 1.19 bits per heavy atom. The molecule has 5 nitrogen and oxygen atoms in total. The Bertz CT molecular complexity index is 1030. The van der Waals surface area contributed by atoms with E-state index in [9.17, 15) is 8.42 Å². The van der Waals surface area contributed by atoms with Crippen molar-refractivity contribution in [2.45, 2.75) is 18.2 Å². The Morgan fingerprint density at radius 3 is 2.59 bits per heavy atom. The Hall–Kier alpha value is -1.93. The van der Waals surface area contributed by atoms with E-state index in [0.717, 1.165) is 21.8 Å². The molecule has 1 aromatic heterocycles. The molecule has 1 N–H and O–H groups in total. The average Bonchev–Trinajstić information content (AvgIpc) is 3.11. The number of benzene rings is 2. The van der Waals surface area contributed by atoms with Gasteiger partial charge in [-0.3, -0.25) is 0 Å². The highest BCUT2D eigenvalue weighted by molar-refractivity contribution is 7.89. The summed E-state index contributed by atoms with van der Waals surface area (Å²) in [4.78, 5) is 4.79. The molecule has 0 bridgehead atoms. The largest absolute Gasteiger partial charge is 0.496 e. The number of aryl methyl sites for hydroxylation is 1. The van der Waals surface area contributed by atoms with Gasteiger partial charge in [0.05, 0.1) is 17.7 Å². The third-order valence-electron chi connectivity index (χ3n) is 3.99. The van der Waals surface area contributed by atoms with Crippen LogP contribution in [0.1, 0.15) is 11.3 Å². The molecule has 0 spiro atoms. The maximum absolute atomic E-state index is 12.5. The number of nitrogens with one attached hydrogen (secondary N) is 1. The lowest BCUT2D eigenvalue weighted by Gasteiger charge is -2.09. The maximum Gasteiger partial charge on any atom is 0.240 e. The van der Waals surface area contributed by atoms with Crippen LogP contribution in [0.5, 0.6) is 5.75 Å². The van der Waals surface area contributed by atoms with Gasteiger partial charge in [-0.2, -0.15) is 0 Å². The lowest BCUT2D eigenvalue weighted by atomic mass is 10.2. The van der Waals surface area contributed by atoms with E-state index in [4.69, 9.17) is 16.3 Å². The van der Waals surface area contributed by atoms with E-state index in [1.54, 1.807) is 19.2 Å². The summed E-state index contributed by atoms with van der Waals surface area (Å²) in [6, 6.07) is 12.3. The van der Waals surface area contributed by atoms with Gasteiger partial charge in [-0.15, -0.1) is 11.3 Å². The van der Waals surface area contributed by atoms with Gasteiger partial charge in [-0.05, 0) is 42.8 Å². The molecular weight excluding hydrogens is 404 g/mol. The highest BCUT2D eigenvalue weighted by Gasteiger charge is 2.15. The maximum atomic E-state index is 12.5. The molecule has 1 heterocycles. The van der Waals surface area contributed by atoms with Gasteiger partial charge in [0.2, 0.25) is 10.0 Å². The third kappa shape index (κ3) is 4.87. The van der Waals surface area contributed by atoms with Crippen LogP contribution in [0.2, 0.25) is 5.02 Å². The SMILES string of the molecule is COc1ccc(S(=O)(=O)NCCc2csc(-c3ccc(Cl)cc3)n2)cc1C. The van der Waals surface area contributed by atoms with Crippen molar-refractivity contribution >= 4 is 33.0 Å². The molecule has 0 amide bonds. The molecule has 2 aromatic carbocycles. The number of thiazole rings is 1. The summed E-state index contributed by atoms with van der Waals surface area (Å²) >= 11 is 7.43. The molecule has 27 heavy (non-hydrogen) atoms. The first-order valence-corrected chi connectivity index (χ1v) is 11.0. The van der Waals surface area contributed by atoms with Crippen molar-refractivity contribution in [2.24, 2.45) is 0 Å². The highest BCUT2D eigenvalue weighted by atomic mass is 35.5. The molecule has 3 rings (SSSR count). The molecule has 0 atom stereocenters. The minimum atomic E-state index is -3.57. The van der Waals surface area contributed by atoms with E-state index in [1.165, 1.54) is 17.4 Å². The Labute approximate surface area is 168 Å². The summed E-state index contributed by atoms with van der Waals surface area (Å²) in [6.45, 7) is 2.09. The van der Waals surface area contributed by atoms with Crippen LogP contribution in [0, 0.1) is 6.92 Å². The zero-order valence-electron chi connectivity index (χ0n) is 14.9. The van der Waals surface area contributed by atoms with Crippen molar-refractivity contribution < 1.29 is 13.2 Å². The summed E-state index contributed by atoms with van der Waals surface area (Å²) in [5.41, 5.74) is 2.61. The topological polar surface area (TPSA) is 68.3 Å². The molecule has 0 fully saturated rings. The molecule has 0 radical (unpaired) electrons. The van der Waals surface area contributed by atoms with Crippen molar-refractivity contribution in [2.75, 3.05) is 13.7 Å². The van der Waals surface area contributed by atoms with E-state index in [0.29, 0.717) is 17.2 Å². The van der Waals surface area contributed by atoms with E-state index in [1.807, 2.05) is 36.6 Å². The van der Waals surface area contributed by atoms with Gasteiger partial charge in [0.15, 0.2) is 0 Å². The number of halogens is 1. The van der Waals surface area contributed by atoms with Crippen LogP contribution in [0.25, 0.3) is 10.6 Å². The van der Waals surface area contributed by atoms with Crippen molar-refractivity contribution in [3.8, 4) is 16.3 Å². The molecule has 8 heteroatoms. The normalized spacial score (nSPS) is 11.5. The molecule has 0 saturated carbocycles. The fourth-order valence-corrected chi connectivity index (χ4v) is 4.66. The zero-order valence-corrected chi connectivity index (χ0v) is 17.3. The Kier molecular flexibility index (Phi) is 6.16. The van der Waals surface area contributed by atoms with Crippen LogP contribution in [0.3, 0.4) is 0 Å². The first-order chi connectivity index (χ1) is 12.9. The number of hydrogen-bond donors (Lipinski definition) is 1. The first-order valence-electron chi connectivity index (χ1n) is 8.24. The molecule has 0 unspecified atom stereocenters. The summed E-state index contributed by atoms with van der Waals surface area (Å²) in [5.74, 6) is 0.658. The molecule has 0 aliphatic rings. The third-order valence-corrected chi connectivity index (χ3v) is 6.64. The number of sulfonamides is 1. The van der Waals surface area contributed by atoms with Gasteiger partial charge in [0, 0.05) is 28.9 Å². The highest BCUT2D eigenvalue weighted by Crippen LogP contribution is 2.25. The predicted octanol–water partition coefficient (Wildman–Crippen LogP) is 4.30. The van der Waals surface area contributed by atoms with Crippen molar-refractivity contribution in [1.29, 1.82) is 0 Å². The summed E-state index contributed by atoms with van der Waals surface area (Å²) < 4.78 is 32.7. The molecule has 142 valence electrons. The van der Waals surface area contributed by atoms with Crippen LogP contribution in [0.15, 0.2) is 52.7 Å². The number of hydrogen-bond acceptors (Lipinski definition) is 5. The number of methoxy groups -OCH3 is 1. The molecule has 0 aliphatic heterocycles. The smallest absolute Gasteiger partial charge is 0.240 e. The van der Waals surface area contributed by atoms with Crippen LogP contribution >= 0.6 is 22.9 Å². The van der Waals surface area contributed by atoms with Gasteiger partial charge >= 0.3 is 0 Å². The van der Waals surface area contributed by atoms with Gasteiger partial charge in [0.1, 0.15) is 10.8 Å². The molecule has 3 aromatic rings. The second kappa shape index (κ2) is 8.39. The van der Waals surface area contributed by atoms with E-state index in [-0.39, 0.29) is 11.4 Å². The lowest BCUT2D eigenvalue weighted by Crippen LogP contribution is -2.26. The Morgan fingerprint density at radius 2 is 1.93 bits per heavy atom. The second-order valence-electron chi connectivity index (χ2n) is 5.93.